The summed E-state index contributed by atoms with van der Waals surface area (Å²) in [6, 6.07) is 0.756. The first kappa shape index (κ1) is 9.96. The van der Waals surface area contributed by atoms with Gasteiger partial charge in [0.25, 0.3) is 0 Å². The quantitative estimate of drug-likeness (QED) is 0.618. The van der Waals surface area contributed by atoms with Crippen molar-refractivity contribution in [3.63, 3.8) is 0 Å². The molecule has 72 valence electrons. The first-order chi connectivity index (χ1) is 5.79. The van der Waals surface area contributed by atoms with Gasteiger partial charge in [-0.3, -0.25) is 0 Å². The largest absolute Gasteiger partial charge is 0.317 e. The number of hydrogen-bond acceptors (Lipinski definition) is 3. The average Bonchev–Trinajstić information content (AvgIpc) is 2.05. The Morgan fingerprint density at radius 1 is 1.33 bits per heavy atom. The maximum absolute atomic E-state index is 3.57. The molecule has 0 aromatic heterocycles. The minimum absolute atomic E-state index is 0.756. The highest BCUT2D eigenvalue weighted by molar-refractivity contribution is 4.74. The van der Waals surface area contributed by atoms with Crippen LogP contribution in [-0.2, 0) is 0 Å². The van der Waals surface area contributed by atoms with Crippen molar-refractivity contribution < 1.29 is 0 Å². The third-order valence-electron chi connectivity index (χ3n) is 2.33. The van der Waals surface area contributed by atoms with E-state index in [1.54, 1.807) is 0 Å². The van der Waals surface area contributed by atoms with Crippen LogP contribution in [0.25, 0.3) is 0 Å². The molecule has 1 fully saturated rings. The molecule has 1 saturated heterocycles. The first-order valence-corrected chi connectivity index (χ1v) is 4.88. The standard InChI is InChI=1S/C9H21N3/c1-12(2)8-7-11-9-3-5-10-6-4-9/h9-11H,3-8H2,1-2H3. The molecule has 0 aromatic carbocycles. The predicted octanol–water partition coefficient (Wildman–Crippen LogP) is -0.110. The summed E-state index contributed by atoms with van der Waals surface area (Å²) in [5.41, 5.74) is 0. The summed E-state index contributed by atoms with van der Waals surface area (Å²) in [6.45, 7) is 4.63. The van der Waals surface area contributed by atoms with E-state index in [9.17, 15) is 0 Å². The van der Waals surface area contributed by atoms with Gasteiger partial charge in [-0.1, -0.05) is 0 Å². The van der Waals surface area contributed by atoms with Gasteiger partial charge >= 0.3 is 0 Å². The molecule has 0 aromatic rings. The SMILES string of the molecule is CN(C)CCNC1CCNCC1. The Morgan fingerprint density at radius 3 is 2.58 bits per heavy atom. The van der Waals surface area contributed by atoms with Crippen LogP contribution in [0.1, 0.15) is 12.8 Å². The Balaban J connectivity index is 1.98. The summed E-state index contributed by atoms with van der Waals surface area (Å²) < 4.78 is 0. The van der Waals surface area contributed by atoms with Gasteiger partial charge in [-0.05, 0) is 40.0 Å². The monoisotopic (exact) mass is 171 g/mol. The lowest BCUT2D eigenvalue weighted by atomic mass is 10.1. The molecule has 1 aliphatic heterocycles. The fourth-order valence-electron chi connectivity index (χ4n) is 1.52. The van der Waals surface area contributed by atoms with E-state index >= 15 is 0 Å². The lowest BCUT2D eigenvalue weighted by Gasteiger charge is -2.24. The second kappa shape index (κ2) is 5.51. The smallest absolute Gasteiger partial charge is 0.0101 e. The van der Waals surface area contributed by atoms with Crippen LogP contribution in [0.3, 0.4) is 0 Å². The van der Waals surface area contributed by atoms with Gasteiger partial charge in [0, 0.05) is 19.1 Å². The van der Waals surface area contributed by atoms with E-state index in [0.29, 0.717) is 0 Å². The Bertz CT molecular complexity index is 108. The highest BCUT2D eigenvalue weighted by atomic mass is 15.1. The minimum atomic E-state index is 0.756. The van der Waals surface area contributed by atoms with E-state index in [0.717, 1.165) is 19.1 Å². The third kappa shape index (κ3) is 4.04. The molecule has 3 nitrogen and oxygen atoms in total. The van der Waals surface area contributed by atoms with Gasteiger partial charge in [-0.15, -0.1) is 0 Å². The van der Waals surface area contributed by atoms with Crippen LogP contribution in [-0.4, -0.2) is 51.2 Å². The fourth-order valence-corrected chi connectivity index (χ4v) is 1.52. The van der Waals surface area contributed by atoms with Crippen molar-refractivity contribution in [2.24, 2.45) is 0 Å². The number of hydrogen-bond donors (Lipinski definition) is 2. The molecule has 0 bridgehead atoms. The molecule has 2 N–H and O–H groups in total. The molecule has 0 spiro atoms. The normalized spacial score (nSPS) is 20.2. The van der Waals surface area contributed by atoms with Gasteiger partial charge in [-0.2, -0.15) is 0 Å². The van der Waals surface area contributed by atoms with Crippen molar-refractivity contribution in [2.75, 3.05) is 40.3 Å². The molecule has 0 atom stereocenters. The van der Waals surface area contributed by atoms with E-state index in [1.165, 1.54) is 25.9 Å². The zero-order valence-corrected chi connectivity index (χ0v) is 8.27. The Morgan fingerprint density at radius 2 is 2.00 bits per heavy atom. The highest BCUT2D eigenvalue weighted by Crippen LogP contribution is 2.00. The number of rotatable bonds is 4. The van der Waals surface area contributed by atoms with Crippen molar-refractivity contribution in [2.45, 2.75) is 18.9 Å². The van der Waals surface area contributed by atoms with E-state index in [-0.39, 0.29) is 0 Å². The van der Waals surface area contributed by atoms with Crippen LogP contribution >= 0.6 is 0 Å². The summed E-state index contributed by atoms with van der Waals surface area (Å²) in [4.78, 5) is 2.22. The van der Waals surface area contributed by atoms with Gasteiger partial charge < -0.3 is 15.5 Å². The van der Waals surface area contributed by atoms with Gasteiger partial charge in [0.15, 0.2) is 0 Å². The number of nitrogens with one attached hydrogen (secondary N) is 2. The number of likely N-dealkylation sites (N-methyl/N-ethyl adjacent to an activating group) is 1. The van der Waals surface area contributed by atoms with Crippen LogP contribution in [0, 0.1) is 0 Å². The van der Waals surface area contributed by atoms with Crippen LogP contribution in [0.4, 0.5) is 0 Å². The van der Waals surface area contributed by atoms with Crippen molar-refractivity contribution in [1.82, 2.24) is 15.5 Å². The molecule has 3 heteroatoms. The Hall–Kier alpha value is -0.120. The molecule has 12 heavy (non-hydrogen) atoms. The molecule has 1 aliphatic rings. The topological polar surface area (TPSA) is 27.3 Å². The van der Waals surface area contributed by atoms with Gasteiger partial charge in [0.2, 0.25) is 0 Å². The fraction of sp³-hybridized carbons (Fsp3) is 1.00. The lowest BCUT2D eigenvalue weighted by molar-refractivity contribution is 0.347. The Labute approximate surface area is 75.5 Å². The second-order valence-corrected chi connectivity index (χ2v) is 3.78. The van der Waals surface area contributed by atoms with Gasteiger partial charge in [0.05, 0.1) is 0 Å². The summed E-state index contributed by atoms with van der Waals surface area (Å²) in [5.74, 6) is 0. The van der Waals surface area contributed by atoms with Gasteiger partial charge in [-0.25, -0.2) is 0 Å². The van der Waals surface area contributed by atoms with Crippen molar-refractivity contribution in [3.8, 4) is 0 Å². The summed E-state index contributed by atoms with van der Waals surface area (Å²) >= 11 is 0. The second-order valence-electron chi connectivity index (χ2n) is 3.78. The first-order valence-electron chi connectivity index (χ1n) is 4.88. The van der Waals surface area contributed by atoms with E-state index in [2.05, 4.69) is 29.6 Å². The molecule has 0 aliphatic carbocycles. The van der Waals surface area contributed by atoms with E-state index in [1.807, 2.05) is 0 Å². The molecule has 0 unspecified atom stereocenters. The van der Waals surface area contributed by atoms with Crippen molar-refractivity contribution >= 4 is 0 Å². The van der Waals surface area contributed by atoms with Gasteiger partial charge in [0.1, 0.15) is 0 Å². The molecule has 1 rings (SSSR count). The minimum Gasteiger partial charge on any atom is -0.317 e. The Kier molecular flexibility index (Phi) is 4.58. The zero-order chi connectivity index (χ0) is 8.81. The van der Waals surface area contributed by atoms with Crippen LogP contribution < -0.4 is 10.6 Å². The maximum Gasteiger partial charge on any atom is 0.0101 e. The molecule has 0 radical (unpaired) electrons. The predicted molar refractivity (Wildman–Crippen MR) is 52.4 cm³/mol. The van der Waals surface area contributed by atoms with Crippen molar-refractivity contribution in [3.05, 3.63) is 0 Å². The van der Waals surface area contributed by atoms with Crippen molar-refractivity contribution in [1.29, 1.82) is 0 Å². The average molecular weight is 171 g/mol. The molecule has 0 saturated carbocycles. The van der Waals surface area contributed by atoms with E-state index < -0.39 is 0 Å². The zero-order valence-electron chi connectivity index (χ0n) is 8.27. The third-order valence-corrected chi connectivity index (χ3v) is 2.33. The van der Waals surface area contributed by atoms with Crippen LogP contribution in [0.15, 0.2) is 0 Å². The lowest BCUT2D eigenvalue weighted by Crippen LogP contribution is -2.42. The molecule has 0 amide bonds. The number of piperidine rings is 1. The number of nitrogens with zero attached hydrogens (tertiary/aromatic N) is 1. The summed E-state index contributed by atoms with van der Waals surface area (Å²) in [7, 11) is 4.23. The summed E-state index contributed by atoms with van der Waals surface area (Å²) in [6.07, 6.45) is 2.57. The van der Waals surface area contributed by atoms with E-state index in [4.69, 9.17) is 0 Å². The van der Waals surface area contributed by atoms with Crippen LogP contribution in [0.5, 0.6) is 0 Å². The molecule has 1 heterocycles. The van der Waals surface area contributed by atoms with Crippen LogP contribution in [0.2, 0.25) is 0 Å². The summed E-state index contributed by atoms with van der Waals surface area (Å²) in [5, 5.41) is 6.93. The molecular weight excluding hydrogens is 150 g/mol. The highest BCUT2D eigenvalue weighted by Gasteiger charge is 2.10. The molecular formula is C9H21N3. The maximum atomic E-state index is 3.57.